The highest BCUT2D eigenvalue weighted by Gasteiger charge is 2.25. The SMILES string of the molecule is Cc1cc(N)c(OC(C)C)cc1[C@H]1CC[C@H](N(C)C)CC1. The maximum Gasteiger partial charge on any atom is 0.142 e. The Morgan fingerprint density at radius 1 is 1.14 bits per heavy atom. The number of benzene rings is 1. The third-order valence-corrected chi connectivity index (χ3v) is 4.63. The van der Waals surface area contributed by atoms with Gasteiger partial charge in [0, 0.05) is 6.04 Å². The van der Waals surface area contributed by atoms with Crippen molar-refractivity contribution in [1.82, 2.24) is 4.90 Å². The van der Waals surface area contributed by atoms with E-state index in [-0.39, 0.29) is 6.10 Å². The van der Waals surface area contributed by atoms with Crippen LogP contribution in [0.5, 0.6) is 5.75 Å². The summed E-state index contributed by atoms with van der Waals surface area (Å²) in [4.78, 5) is 2.36. The van der Waals surface area contributed by atoms with Crippen LogP contribution >= 0.6 is 0 Å². The summed E-state index contributed by atoms with van der Waals surface area (Å²) in [5.74, 6) is 1.50. The molecule has 1 fully saturated rings. The third-order valence-electron chi connectivity index (χ3n) is 4.63. The van der Waals surface area contributed by atoms with Crippen LogP contribution in [-0.4, -0.2) is 31.1 Å². The molecule has 0 saturated heterocycles. The Bertz CT molecular complexity index is 474. The smallest absolute Gasteiger partial charge is 0.142 e. The van der Waals surface area contributed by atoms with E-state index in [1.54, 1.807) is 0 Å². The fourth-order valence-corrected chi connectivity index (χ4v) is 3.43. The molecule has 1 aromatic carbocycles. The van der Waals surface area contributed by atoms with Crippen LogP contribution in [0.25, 0.3) is 0 Å². The molecule has 1 aliphatic carbocycles. The van der Waals surface area contributed by atoms with Crippen LogP contribution in [0.1, 0.15) is 56.6 Å². The molecule has 1 aromatic rings. The van der Waals surface area contributed by atoms with Gasteiger partial charge >= 0.3 is 0 Å². The Labute approximate surface area is 129 Å². The van der Waals surface area contributed by atoms with E-state index in [9.17, 15) is 0 Å². The van der Waals surface area contributed by atoms with Crippen molar-refractivity contribution in [2.24, 2.45) is 0 Å². The molecule has 0 unspecified atom stereocenters. The van der Waals surface area contributed by atoms with E-state index < -0.39 is 0 Å². The minimum absolute atomic E-state index is 0.160. The predicted molar refractivity (Wildman–Crippen MR) is 90.0 cm³/mol. The van der Waals surface area contributed by atoms with Crippen LogP contribution in [0.4, 0.5) is 5.69 Å². The van der Waals surface area contributed by atoms with Crippen molar-refractivity contribution in [2.45, 2.75) is 64.5 Å². The molecule has 0 atom stereocenters. The Morgan fingerprint density at radius 2 is 1.76 bits per heavy atom. The fourth-order valence-electron chi connectivity index (χ4n) is 3.43. The molecule has 0 spiro atoms. The van der Waals surface area contributed by atoms with Crippen LogP contribution < -0.4 is 10.5 Å². The number of aryl methyl sites for hydroxylation is 1. The van der Waals surface area contributed by atoms with Gasteiger partial charge in [0.1, 0.15) is 5.75 Å². The molecule has 0 heterocycles. The van der Waals surface area contributed by atoms with Crippen molar-refractivity contribution < 1.29 is 4.74 Å². The molecule has 118 valence electrons. The Balaban J connectivity index is 2.16. The molecule has 1 saturated carbocycles. The van der Waals surface area contributed by atoms with E-state index in [1.807, 2.05) is 13.8 Å². The average molecular weight is 290 g/mol. The number of rotatable bonds is 4. The van der Waals surface area contributed by atoms with Gasteiger partial charge in [0.25, 0.3) is 0 Å². The summed E-state index contributed by atoms with van der Waals surface area (Å²) in [7, 11) is 4.38. The minimum atomic E-state index is 0.160. The molecule has 21 heavy (non-hydrogen) atoms. The van der Waals surface area contributed by atoms with E-state index >= 15 is 0 Å². The van der Waals surface area contributed by atoms with E-state index in [0.717, 1.165) is 17.5 Å². The monoisotopic (exact) mass is 290 g/mol. The third kappa shape index (κ3) is 3.91. The Kier molecular flexibility index (Phi) is 5.15. The van der Waals surface area contributed by atoms with Crippen molar-refractivity contribution in [3.63, 3.8) is 0 Å². The molecule has 3 nitrogen and oxygen atoms in total. The van der Waals surface area contributed by atoms with Gasteiger partial charge in [0.2, 0.25) is 0 Å². The number of anilines is 1. The predicted octanol–water partition coefficient (Wildman–Crippen LogP) is 3.95. The quantitative estimate of drug-likeness (QED) is 0.853. The van der Waals surface area contributed by atoms with E-state index in [0.29, 0.717) is 5.92 Å². The number of nitrogens with zero attached hydrogens (tertiary/aromatic N) is 1. The Hall–Kier alpha value is -1.22. The standard InChI is InChI=1S/C18H30N2O/c1-12(2)21-18-11-16(13(3)10-17(18)19)14-6-8-15(9-7-14)20(4)5/h10-12,14-15H,6-9,19H2,1-5H3/t14-,15-. The van der Waals surface area contributed by atoms with Gasteiger partial charge in [0.05, 0.1) is 11.8 Å². The van der Waals surface area contributed by atoms with Gasteiger partial charge in [-0.05, 0) is 89.7 Å². The normalized spacial score (nSPS) is 22.8. The van der Waals surface area contributed by atoms with Crippen molar-refractivity contribution in [2.75, 3.05) is 19.8 Å². The van der Waals surface area contributed by atoms with Crippen molar-refractivity contribution >= 4 is 5.69 Å². The topological polar surface area (TPSA) is 38.5 Å². The molecule has 2 rings (SSSR count). The van der Waals surface area contributed by atoms with Gasteiger partial charge in [-0.25, -0.2) is 0 Å². The summed E-state index contributed by atoms with van der Waals surface area (Å²) in [6, 6.07) is 5.00. The highest BCUT2D eigenvalue weighted by atomic mass is 16.5. The number of nitrogens with two attached hydrogens (primary N) is 1. The zero-order chi connectivity index (χ0) is 15.6. The molecule has 2 N–H and O–H groups in total. The van der Waals surface area contributed by atoms with Gasteiger partial charge in [-0.15, -0.1) is 0 Å². The number of hydrogen-bond donors (Lipinski definition) is 1. The molecular weight excluding hydrogens is 260 g/mol. The summed E-state index contributed by atoms with van der Waals surface area (Å²) < 4.78 is 5.86. The lowest BCUT2D eigenvalue weighted by molar-refractivity contribution is 0.215. The molecule has 0 aliphatic heterocycles. The van der Waals surface area contributed by atoms with Gasteiger partial charge in [-0.2, -0.15) is 0 Å². The van der Waals surface area contributed by atoms with Crippen molar-refractivity contribution in [3.8, 4) is 5.75 Å². The summed E-state index contributed by atoms with van der Waals surface area (Å²) >= 11 is 0. The Morgan fingerprint density at radius 3 is 2.29 bits per heavy atom. The van der Waals surface area contributed by atoms with Crippen LogP contribution in [0.15, 0.2) is 12.1 Å². The van der Waals surface area contributed by atoms with E-state index in [1.165, 1.54) is 36.8 Å². The first-order chi connectivity index (χ1) is 9.88. The molecule has 3 heteroatoms. The highest BCUT2D eigenvalue weighted by Crippen LogP contribution is 2.39. The summed E-state index contributed by atoms with van der Waals surface area (Å²) in [6.07, 6.45) is 5.24. The second kappa shape index (κ2) is 6.69. The van der Waals surface area contributed by atoms with Gasteiger partial charge in [0.15, 0.2) is 0 Å². The maximum absolute atomic E-state index is 6.10. The molecule has 1 aliphatic rings. The van der Waals surface area contributed by atoms with Crippen LogP contribution in [0.2, 0.25) is 0 Å². The van der Waals surface area contributed by atoms with Gasteiger partial charge in [-0.1, -0.05) is 0 Å². The first-order valence-electron chi connectivity index (χ1n) is 8.11. The van der Waals surface area contributed by atoms with E-state index in [2.05, 4.69) is 38.1 Å². The van der Waals surface area contributed by atoms with E-state index in [4.69, 9.17) is 10.5 Å². The summed E-state index contributed by atoms with van der Waals surface area (Å²) in [5, 5.41) is 0. The van der Waals surface area contributed by atoms with Gasteiger partial charge in [-0.3, -0.25) is 0 Å². The van der Waals surface area contributed by atoms with Crippen LogP contribution in [-0.2, 0) is 0 Å². The lowest BCUT2D eigenvalue weighted by Crippen LogP contribution is -2.31. The lowest BCUT2D eigenvalue weighted by atomic mass is 9.80. The molecule has 0 aromatic heterocycles. The zero-order valence-corrected chi connectivity index (χ0v) is 14.1. The second-order valence-corrected chi connectivity index (χ2v) is 6.88. The lowest BCUT2D eigenvalue weighted by Gasteiger charge is -2.33. The number of ether oxygens (including phenoxy) is 1. The minimum Gasteiger partial charge on any atom is -0.489 e. The first-order valence-corrected chi connectivity index (χ1v) is 8.11. The number of nitrogen functional groups attached to an aromatic ring is 1. The number of hydrogen-bond acceptors (Lipinski definition) is 3. The van der Waals surface area contributed by atoms with Gasteiger partial charge < -0.3 is 15.4 Å². The molecule has 0 bridgehead atoms. The summed E-state index contributed by atoms with van der Waals surface area (Å²) in [5.41, 5.74) is 9.59. The van der Waals surface area contributed by atoms with Crippen molar-refractivity contribution in [3.05, 3.63) is 23.3 Å². The molecule has 0 radical (unpaired) electrons. The summed E-state index contributed by atoms with van der Waals surface area (Å²) in [6.45, 7) is 6.26. The van der Waals surface area contributed by atoms with Crippen LogP contribution in [0.3, 0.4) is 0 Å². The van der Waals surface area contributed by atoms with Crippen molar-refractivity contribution in [1.29, 1.82) is 0 Å². The first kappa shape index (κ1) is 16.2. The second-order valence-electron chi connectivity index (χ2n) is 6.88. The highest BCUT2D eigenvalue weighted by molar-refractivity contribution is 5.57. The molecule has 0 amide bonds. The molecular formula is C18H30N2O. The average Bonchev–Trinajstić information content (AvgIpc) is 2.41. The van der Waals surface area contributed by atoms with Crippen LogP contribution in [0, 0.1) is 6.92 Å². The largest absolute Gasteiger partial charge is 0.489 e. The zero-order valence-electron chi connectivity index (χ0n) is 14.1. The maximum atomic E-state index is 6.10. The fraction of sp³-hybridized carbons (Fsp3) is 0.667.